The van der Waals surface area contributed by atoms with Crippen LogP contribution in [-0.4, -0.2) is 23.0 Å². The first kappa shape index (κ1) is 8.31. The second-order valence-corrected chi connectivity index (χ2v) is 2.03. The van der Waals surface area contributed by atoms with Crippen molar-refractivity contribution in [3.63, 3.8) is 0 Å². The van der Waals surface area contributed by atoms with Crippen molar-refractivity contribution in [2.75, 3.05) is 0 Å². The number of hydrogen-bond donors (Lipinski definition) is 0. The fourth-order valence-corrected chi connectivity index (χ4v) is 0.753. The van der Waals surface area contributed by atoms with Crippen LogP contribution in [0.25, 0.3) is 0 Å². The number of nitrogens with zero attached hydrogens (tertiary/aromatic N) is 2. The van der Waals surface area contributed by atoms with Crippen LogP contribution < -0.4 is 0 Å². The molecule has 0 unspecified atom stereocenters. The molecule has 0 radical (unpaired) electrons. The van der Waals surface area contributed by atoms with E-state index in [0.717, 1.165) is 0 Å². The third-order valence-corrected chi connectivity index (χ3v) is 1.25. The van der Waals surface area contributed by atoms with Crippen molar-refractivity contribution in [3.8, 4) is 0 Å². The summed E-state index contributed by atoms with van der Waals surface area (Å²) in [6.07, 6.45) is -1.52. The predicted molar refractivity (Wildman–Crippen MR) is 33.4 cm³/mol. The number of rotatable bonds is 1. The molecule has 12 heavy (non-hydrogen) atoms. The van der Waals surface area contributed by atoms with Gasteiger partial charge in [-0.25, -0.2) is 4.79 Å². The van der Waals surface area contributed by atoms with Crippen LogP contribution >= 0.6 is 0 Å². The molecule has 0 aromatic rings. The first-order valence-corrected chi connectivity index (χ1v) is 3.06. The number of carbonyl (C=O) groups is 3. The minimum absolute atomic E-state index is 0.00896. The zero-order valence-electron chi connectivity index (χ0n) is 5.85. The zero-order chi connectivity index (χ0) is 9.14. The summed E-state index contributed by atoms with van der Waals surface area (Å²) in [6, 6.07) is 0. The molecule has 0 bridgehead atoms. The van der Waals surface area contributed by atoms with Crippen LogP contribution in [0, 0.1) is 4.91 Å². The maximum absolute atomic E-state index is 10.7. The summed E-state index contributed by atoms with van der Waals surface area (Å²) >= 11 is 0. The lowest BCUT2D eigenvalue weighted by Gasteiger charge is -2.08. The van der Waals surface area contributed by atoms with Crippen molar-refractivity contribution >= 4 is 17.9 Å². The highest BCUT2D eigenvalue weighted by atomic mass is 16.7. The second kappa shape index (κ2) is 3.07. The Balaban J connectivity index is 2.61. The van der Waals surface area contributed by atoms with E-state index in [1.165, 1.54) is 0 Å². The third kappa shape index (κ3) is 1.44. The summed E-state index contributed by atoms with van der Waals surface area (Å²) in [7, 11) is 0. The number of nitroso groups, excluding NO2 is 1. The van der Waals surface area contributed by atoms with Gasteiger partial charge >= 0.3 is 6.09 Å². The average molecular weight is 172 g/mol. The van der Waals surface area contributed by atoms with Gasteiger partial charge in [-0.3, -0.25) is 9.59 Å². The van der Waals surface area contributed by atoms with Crippen LogP contribution in [0.4, 0.5) is 4.79 Å². The molecule has 1 rings (SSSR count). The van der Waals surface area contributed by atoms with Crippen LogP contribution in [0.5, 0.6) is 0 Å². The van der Waals surface area contributed by atoms with Gasteiger partial charge in [0.25, 0.3) is 11.8 Å². The van der Waals surface area contributed by atoms with Crippen LogP contribution in [0.15, 0.2) is 5.18 Å². The van der Waals surface area contributed by atoms with Crippen LogP contribution in [0.3, 0.4) is 0 Å². The number of imide groups is 1. The minimum atomic E-state index is -1.50. The molecule has 1 heterocycles. The summed E-state index contributed by atoms with van der Waals surface area (Å²) < 4.78 is 0. The van der Waals surface area contributed by atoms with E-state index >= 15 is 0 Å². The molecule has 7 heteroatoms. The Bertz CT molecular complexity index is 245. The molecule has 0 aromatic heterocycles. The van der Waals surface area contributed by atoms with Gasteiger partial charge in [0.2, 0.25) is 0 Å². The molecule has 0 aromatic carbocycles. The third-order valence-electron chi connectivity index (χ3n) is 1.25. The van der Waals surface area contributed by atoms with Gasteiger partial charge in [-0.15, -0.1) is 9.97 Å². The SMILES string of the molecule is O=NC(=O)ON1C(=O)CCC1=O. The quantitative estimate of drug-likeness (QED) is 0.408. The van der Waals surface area contributed by atoms with E-state index in [2.05, 4.69) is 4.84 Å². The van der Waals surface area contributed by atoms with E-state index in [1.807, 2.05) is 5.18 Å². The van der Waals surface area contributed by atoms with E-state index in [0.29, 0.717) is 0 Å². The Morgan fingerprint density at radius 1 is 1.33 bits per heavy atom. The molecular formula is C5H4N2O5. The minimum Gasteiger partial charge on any atom is -0.307 e. The van der Waals surface area contributed by atoms with Crippen LogP contribution in [-0.2, 0) is 14.4 Å². The van der Waals surface area contributed by atoms with E-state index in [9.17, 15) is 19.3 Å². The fraction of sp³-hybridized carbons (Fsp3) is 0.400. The molecule has 0 N–H and O–H groups in total. The lowest BCUT2D eigenvalue weighted by atomic mass is 10.4. The van der Waals surface area contributed by atoms with E-state index < -0.39 is 17.9 Å². The fourth-order valence-electron chi connectivity index (χ4n) is 0.753. The molecule has 7 nitrogen and oxygen atoms in total. The van der Waals surface area contributed by atoms with Gasteiger partial charge in [-0.1, -0.05) is 0 Å². The molecule has 64 valence electrons. The molecular weight excluding hydrogens is 168 g/mol. The van der Waals surface area contributed by atoms with E-state index in [1.54, 1.807) is 0 Å². The normalized spacial score (nSPS) is 16.5. The molecule has 1 saturated heterocycles. The number of hydroxylamine groups is 2. The lowest BCUT2D eigenvalue weighted by Crippen LogP contribution is -2.30. The first-order valence-electron chi connectivity index (χ1n) is 3.06. The predicted octanol–water partition coefficient (Wildman–Crippen LogP) is -0.0466. The Labute approximate surface area is 66.2 Å². The molecule has 1 aliphatic heterocycles. The van der Waals surface area contributed by atoms with Crippen LogP contribution in [0.2, 0.25) is 0 Å². The summed E-state index contributed by atoms with van der Waals surface area (Å²) in [6.45, 7) is 0. The largest absolute Gasteiger partial charge is 0.495 e. The van der Waals surface area contributed by atoms with Gasteiger partial charge in [0.1, 0.15) is 0 Å². The van der Waals surface area contributed by atoms with Crippen molar-refractivity contribution in [2.45, 2.75) is 12.8 Å². The Morgan fingerprint density at radius 2 is 1.83 bits per heavy atom. The molecule has 0 saturated carbocycles. The van der Waals surface area contributed by atoms with Crippen molar-refractivity contribution < 1.29 is 19.2 Å². The van der Waals surface area contributed by atoms with E-state index in [-0.39, 0.29) is 17.9 Å². The van der Waals surface area contributed by atoms with Gasteiger partial charge in [0.05, 0.1) is 5.18 Å². The number of hydrogen-bond acceptors (Lipinski definition) is 5. The van der Waals surface area contributed by atoms with Gasteiger partial charge in [-0.05, 0) is 0 Å². The molecule has 0 atom stereocenters. The monoisotopic (exact) mass is 172 g/mol. The summed E-state index contributed by atoms with van der Waals surface area (Å²) in [5, 5.41) is 2.12. The molecule has 1 fully saturated rings. The highest BCUT2D eigenvalue weighted by molar-refractivity contribution is 6.01. The van der Waals surface area contributed by atoms with E-state index in [4.69, 9.17) is 0 Å². The van der Waals surface area contributed by atoms with Crippen molar-refractivity contribution in [1.29, 1.82) is 0 Å². The van der Waals surface area contributed by atoms with Crippen molar-refractivity contribution in [3.05, 3.63) is 4.91 Å². The topological polar surface area (TPSA) is 93.1 Å². The molecule has 1 aliphatic rings. The van der Waals surface area contributed by atoms with Gasteiger partial charge < -0.3 is 4.84 Å². The van der Waals surface area contributed by atoms with Gasteiger partial charge in [0.15, 0.2) is 0 Å². The molecule has 3 amide bonds. The Hall–Kier alpha value is -1.79. The maximum atomic E-state index is 10.7. The van der Waals surface area contributed by atoms with Gasteiger partial charge in [-0.2, -0.15) is 0 Å². The van der Waals surface area contributed by atoms with Crippen molar-refractivity contribution in [2.24, 2.45) is 5.18 Å². The standard InChI is InChI=1S/C5H4N2O5/c8-3-1-2-4(9)7(3)12-5(10)6-11/h1-2H2. The lowest BCUT2D eigenvalue weighted by molar-refractivity contribution is -0.170. The van der Waals surface area contributed by atoms with Gasteiger partial charge in [0, 0.05) is 12.8 Å². The average Bonchev–Trinajstić information content (AvgIpc) is 2.35. The van der Waals surface area contributed by atoms with Crippen LogP contribution in [0.1, 0.15) is 12.8 Å². The zero-order valence-corrected chi connectivity index (χ0v) is 5.85. The summed E-state index contributed by atoms with van der Waals surface area (Å²) in [5.41, 5.74) is 0. The summed E-state index contributed by atoms with van der Waals surface area (Å²) in [4.78, 5) is 45.2. The highest BCUT2D eigenvalue weighted by Crippen LogP contribution is 2.12. The smallest absolute Gasteiger partial charge is 0.307 e. The second-order valence-electron chi connectivity index (χ2n) is 2.03. The summed E-state index contributed by atoms with van der Waals surface area (Å²) in [5.74, 6) is -1.28. The Morgan fingerprint density at radius 3 is 2.25 bits per heavy atom. The first-order chi connectivity index (χ1) is 5.65. The Kier molecular flexibility index (Phi) is 2.13. The number of amides is 3. The molecule has 0 spiro atoms. The number of carbonyl (C=O) groups excluding carboxylic acids is 3. The molecule has 0 aliphatic carbocycles. The van der Waals surface area contributed by atoms with Crippen molar-refractivity contribution in [1.82, 2.24) is 5.06 Å². The maximum Gasteiger partial charge on any atom is 0.495 e. The highest BCUT2D eigenvalue weighted by Gasteiger charge is 2.32.